The molecule has 0 aliphatic heterocycles. The Labute approximate surface area is 236 Å². The monoisotopic (exact) mass is 571 g/mol. The lowest BCUT2D eigenvalue weighted by Gasteiger charge is -2.04. The van der Waals surface area contributed by atoms with Crippen molar-refractivity contribution in [2.75, 3.05) is 6.61 Å². The standard InChI is InChI=1S/C29H19Cl2N5O2S/c1-2-14-38-22-11-8-18(9-12-22)26-19(17-35(33-26)21-6-4-3-5-7-21)15-25-28(37)36-29(39-25)32-27(34-36)23-13-10-20(30)16-24(23)31/h2-13,15-17H,1,14H2/b25-15-. The number of benzene rings is 3. The molecule has 6 rings (SSSR count). The number of ether oxygens (including phenoxy) is 1. The third-order valence-corrected chi connectivity index (χ3v) is 7.41. The number of fused-ring (bicyclic) bond motifs is 1. The molecule has 0 radical (unpaired) electrons. The lowest BCUT2D eigenvalue weighted by atomic mass is 10.1. The van der Waals surface area contributed by atoms with Crippen molar-refractivity contribution in [3.05, 3.63) is 122 Å². The average Bonchev–Trinajstić information content (AvgIpc) is 3.63. The second-order valence-electron chi connectivity index (χ2n) is 8.51. The molecule has 0 aliphatic carbocycles. The Morgan fingerprint density at radius 2 is 1.79 bits per heavy atom. The summed E-state index contributed by atoms with van der Waals surface area (Å²) in [7, 11) is 0. The highest BCUT2D eigenvalue weighted by atomic mass is 35.5. The van der Waals surface area contributed by atoms with E-state index >= 15 is 0 Å². The maximum Gasteiger partial charge on any atom is 0.291 e. The largest absolute Gasteiger partial charge is 0.490 e. The smallest absolute Gasteiger partial charge is 0.291 e. The average molecular weight is 572 g/mol. The van der Waals surface area contributed by atoms with Crippen molar-refractivity contribution < 1.29 is 4.74 Å². The fraction of sp³-hybridized carbons (Fsp3) is 0.0345. The molecule has 3 heterocycles. The number of halogens is 2. The number of para-hydroxylation sites is 1. The first-order valence-corrected chi connectivity index (χ1v) is 13.4. The predicted octanol–water partition coefficient (Wildman–Crippen LogP) is 6.09. The van der Waals surface area contributed by atoms with Gasteiger partial charge in [0.25, 0.3) is 5.56 Å². The van der Waals surface area contributed by atoms with Crippen molar-refractivity contribution in [1.82, 2.24) is 24.4 Å². The van der Waals surface area contributed by atoms with Crippen LogP contribution in [-0.4, -0.2) is 31.0 Å². The van der Waals surface area contributed by atoms with Crippen LogP contribution in [0.2, 0.25) is 10.0 Å². The quantitative estimate of drug-likeness (QED) is 0.217. The Hall–Kier alpha value is -4.24. The van der Waals surface area contributed by atoms with Gasteiger partial charge in [-0.1, -0.05) is 65.4 Å². The van der Waals surface area contributed by atoms with Crippen LogP contribution in [0.25, 0.3) is 39.4 Å². The zero-order chi connectivity index (χ0) is 26.9. The number of nitrogens with zero attached hydrogens (tertiary/aromatic N) is 5. The predicted molar refractivity (Wildman–Crippen MR) is 156 cm³/mol. The Bertz CT molecular complexity index is 1930. The van der Waals surface area contributed by atoms with Crippen molar-refractivity contribution in [1.29, 1.82) is 0 Å². The first-order valence-electron chi connectivity index (χ1n) is 11.9. The first kappa shape index (κ1) is 25.1. The molecular weight excluding hydrogens is 553 g/mol. The second kappa shape index (κ2) is 10.5. The van der Waals surface area contributed by atoms with Crippen LogP contribution in [0.4, 0.5) is 0 Å². The highest BCUT2D eigenvalue weighted by Crippen LogP contribution is 2.29. The van der Waals surface area contributed by atoms with Crippen LogP contribution in [0.3, 0.4) is 0 Å². The molecule has 0 unspecified atom stereocenters. The summed E-state index contributed by atoms with van der Waals surface area (Å²) in [5.41, 5.74) is 3.62. The SMILES string of the molecule is C=CCOc1ccc(-c2nn(-c3ccccc3)cc2/C=c2\sc3nc(-c4ccc(Cl)cc4Cl)nn3c2=O)cc1. The zero-order valence-electron chi connectivity index (χ0n) is 20.3. The third kappa shape index (κ3) is 4.97. The van der Waals surface area contributed by atoms with Crippen LogP contribution in [0, 0.1) is 0 Å². The molecule has 3 aromatic heterocycles. The molecule has 0 bridgehead atoms. The summed E-state index contributed by atoms with van der Waals surface area (Å²) < 4.78 is 9.20. The van der Waals surface area contributed by atoms with Gasteiger partial charge in [0.05, 0.1) is 15.2 Å². The Morgan fingerprint density at radius 1 is 1.00 bits per heavy atom. The van der Waals surface area contributed by atoms with Gasteiger partial charge in [0.15, 0.2) is 5.82 Å². The molecule has 6 aromatic rings. The number of rotatable bonds is 7. The first-order chi connectivity index (χ1) is 19.0. The van der Waals surface area contributed by atoms with Crippen molar-refractivity contribution in [3.8, 4) is 34.1 Å². The molecule has 0 atom stereocenters. The molecule has 0 saturated heterocycles. The minimum atomic E-state index is -0.273. The summed E-state index contributed by atoms with van der Waals surface area (Å²) in [6.45, 7) is 4.11. The van der Waals surface area contributed by atoms with E-state index in [4.69, 9.17) is 33.0 Å². The van der Waals surface area contributed by atoms with Gasteiger partial charge in [0.1, 0.15) is 18.1 Å². The number of aromatic nitrogens is 5. The number of hydrogen-bond donors (Lipinski definition) is 0. The van der Waals surface area contributed by atoms with E-state index in [1.54, 1.807) is 29.0 Å². The molecule has 10 heteroatoms. The second-order valence-corrected chi connectivity index (χ2v) is 10.4. The van der Waals surface area contributed by atoms with Crippen LogP contribution in [0.5, 0.6) is 5.75 Å². The lowest BCUT2D eigenvalue weighted by molar-refractivity contribution is 0.363. The van der Waals surface area contributed by atoms with Crippen LogP contribution in [0.15, 0.2) is 96.4 Å². The van der Waals surface area contributed by atoms with Gasteiger partial charge < -0.3 is 4.74 Å². The van der Waals surface area contributed by atoms with E-state index in [-0.39, 0.29) is 5.56 Å². The summed E-state index contributed by atoms with van der Waals surface area (Å²) in [6, 6.07) is 22.5. The van der Waals surface area contributed by atoms with Crippen molar-refractivity contribution in [2.45, 2.75) is 0 Å². The third-order valence-electron chi connectivity index (χ3n) is 5.90. The van der Waals surface area contributed by atoms with Crippen LogP contribution >= 0.6 is 34.5 Å². The summed E-state index contributed by atoms with van der Waals surface area (Å²) in [6.07, 6.45) is 5.42. The Kier molecular flexibility index (Phi) is 6.74. The molecule has 7 nitrogen and oxygen atoms in total. The summed E-state index contributed by atoms with van der Waals surface area (Å²) >= 11 is 13.6. The lowest BCUT2D eigenvalue weighted by Crippen LogP contribution is -2.23. The van der Waals surface area contributed by atoms with Gasteiger partial charge in [-0.2, -0.15) is 14.6 Å². The van der Waals surface area contributed by atoms with Gasteiger partial charge in [-0.3, -0.25) is 4.79 Å². The molecule has 192 valence electrons. The molecule has 0 aliphatic rings. The van der Waals surface area contributed by atoms with Crippen molar-refractivity contribution in [3.63, 3.8) is 0 Å². The maximum atomic E-state index is 13.3. The van der Waals surface area contributed by atoms with Gasteiger partial charge in [0, 0.05) is 27.9 Å². The van der Waals surface area contributed by atoms with E-state index in [1.165, 1.54) is 15.9 Å². The van der Waals surface area contributed by atoms with Gasteiger partial charge >= 0.3 is 0 Å². The molecule has 0 N–H and O–H groups in total. The molecule has 0 fully saturated rings. The Balaban J connectivity index is 1.44. The van der Waals surface area contributed by atoms with E-state index in [9.17, 15) is 4.79 Å². The van der Waals surface area contributed by atoms with E-state index in [2.05, 4.69) is 16.7 Å². The van der Waals surface area contributed by atoms with Crippen molar-refractivity contribution in [2.24, 2.45) is 0 Å². The van der Waals surface area contributed by atoms with E-state index in [1.807, 2.05) is 66.9 Å². The molecule has 3 aromatic carbocycles. The summed E-state index contributed by atoms with van der Waals surface area (Å²) in [5.74, 6) is 1.10. The van der Waals surface area contributed by atoms with Crippen LogP contribution < -0.4 is 14.8 Å². The fourth-order valence-electron chi connectivity index (χ4n) is 4.05. The molecule has 0 amide bonds. The Morgan fingerprint density at radius 3 is 2.51 bits per heavy atom. The fourth-order valence-corrected chi connectivity index (χ4v) is 5.45. The molecule has 0 saturated carbocycles. The molecular formula is C29H19Cl2N5O2S. The van der Waals surface area contributed by atoms with E-state index in [0.29, 0.717) is 37.5 Å². The molecule has 0 spiro atoms. The zero-order valence-corrected chi connectivity index (χ0v) is 22.6. The summed E-state index contributed by atoms with van der Waals surface area (Å²) in [5, 5.41) is 10.2. The normalized spacial score (nSPS) is 11.8. The van der Waals surface area contributed by atoms with E-state index in [0.717, 1.165) is 28.3 Å². The minimum absolute atomic E-state index is 0.273. The van der Waals surface area contributed by atoms with Gasteiger partial charge in [-0.05, 0) is 60.7 Å². The van der Waals surface area contributed by atoms with Crippen molar-refractivity contribution >= 4 is 45.6 Å². The minimum Gasteiger partial charge on any atom is -0.490 e. The van der Waals surface area contributed by atoms with Crippen LogP contribution in [-0.2, 0) is 0 Å². The highest BCUT2D eigenvalue weighted by molar-refractivity contribution is 7.15. The number of hydrogen-bond acceptors (Lipinski definition) is 6. The topological polar surface area (TPSA) is 74.3 Å². The summed E-state index contributed by atoms with van der Waals surface area (Å²) in [4.78, 5) is 18.3. The van der Waals surface area contributed by atoms with Gasteiger partial charge in [-0.25, -0.2) is 4.68 Å². The van der Waals surface area contributed by atoms with Gasteiger partial charge in [-0.15, -0.1) is 5.10 Å². The maximum absolute atomic E-state index is 13.3. The highest BCUT2D eigenvalue weighted by Gasteiger charge is 2.16. The van der Waals surface area contributed by atoms with Gasteiger partial charge in [0.2, 0.25) is 4.96 Å². The number of thiazole rings is 1. The van der Waals surface area contributed by atoms with Crippen LogP contribution in [0.1, 0.15) is 5.56 Å². The van der Waals surface area contributed by atoms with E-state index < -0.39 is 0 Å². The molecule has 39 heavy (non-hydrogen) atoms.